The fraction of sp³-hybridized carbons (Fsp3) is 0.529. The van der Waals surface area contributed by atoms with Crippen LogP contribution in [0.5, 0.6) is 0 Å². The average molecular weight is 304 g/mol. The molecule has 0 unspecified atom stereocenters. The van der Waals surface area contributed by atoms with E-state index in [1.54, 1.807) is 9.80 Å². The van der Waals surface area contributed by atoms with Gasteiger partial charge in [0, 0.05) is 25.4 Å². The number of piperazine rings is 1. The van der Waals surface area contributed by atoms with Crippen LogP contribution in [0.2, 0.25) is 0 Å². The van der Waals surface area contributed by atoms with Gasteiger partial charge < -0.3 is 14.5 Å². The third-order valence-electron chi connectivity index (χ3n) is 3.85. The Hall–Kier alpha value is -1.88. The number of benzene rings is 1. The molecule has 1 heterocycles. The quantitative estimate of drug-likeness (QED) is 0.755. The molecule has 1 fully saturated rings. The maximum Gasteiger partial charge on any atom is 0.249 e. The van der Waals surface area contributed by atoms with Crippen molar-refractivity contribution in [3.8, 4) is 0 Å². The Bertz CT molecular complexity index is 530. The Morgan fingerprint density at radius 1 is 1.27 bits per heavy atom. The number of anilines is 1. The molecule has 5 heteroatoms. The highest BCUT2D eigenvalue weighted by Crippen LogP contribution is 2.21. The van der Waals surface area contributed by atoms with Crippen LogP contribution in [-0.4, -0.2) is 49.6 Å². The minimum absolute atomic E-state index is 0.0394. The zero-order valence-electron chi connectivity index (χ0n) is 13.4. The van der Waals surface area contributed by atoms with E-state index in [2.05, 4.69) is 6.92 Å². The van der Waals surface area contributed by atoms with Gasteiger partial charge in [0.15, 0.2) is 0 Å². The number of hydrogen-bond donors (Lipinski definition) is 0. The van der Waals surface area contributed by atoms with E-state index in [0.717, 1.165) is 24.1 Å². The average Bonchev–Trinajstić information content (AvgIpc) is 2.52. The Balaban J connectivity index is 1.89. The second-order valence-corrected chi connectivity index (χ2v) is 5.55. The predicted octanol–water partition coefficient (Wildman–Crippen LogP) is 1.99. The van der Waals surface area contributed by atoms with Crippen molar-refractivity contribution in [1.29, 1.82) is 0 Å². The van der Waals surface area contributed by atoms with Crippen molar-refractivity contribution in [1.82, 2.24) is 4.90 Å². The summed E-state index contributed by atoms with van der Waals surface area (Å²) in [4.78, 5) is 27.7. The van der Waals surface area contributed by atoms with Crippen LogP contribution in [0.1, 0.15) is 25.3 Å². The standard InChI is InChI=1S/C17H24N2O3/c1-3-4-11-22-13-17(21)18-9-10-19(16(20)12-18)15-8-6-5-7-14(15)2/h5-8H,3-4,9-13H2,1-2H3. The summed E-state index contributed by atoms with van der Waals surface area (Å²) >= 11 is 0. The summed E-state index contributed by atoms with van der Waals surface area (Å²) in [5.74, 6) is -0.142. The summed E-state index contributed by atoms with van der Waals surface area (Å²) in [6.07, 6.45) is 2.00. The highest BCUT2D eigenvalue weighted by molar-refractivity contribution is 5.98. The van der Waals surface area contributed by atoms with Crippen molar-refractivity contribution in [2.24, 2.45) is 0 Å². The third-order valence-corrected chi connectivity index (χ3v) is 3.85. The molecule has 0 aliphatic carbocycles. The number of aryl methyl sites for hydroxylation is 1. The lowest BCUT2D eigenvalue weighted by Gasteiger charge is -2.35. The maximum absolute atomic E-state index is 12.3. The molecule has 1 aliphatic heterocycles. The molecule has 0 aromatic heterocycles. The fourth-order valence-corrected chi connectivity index (χ4v) is 2.50. The van der Waals surface area contributed by atoms with E-state index in [9.17, 15) is 9.59 Å². The zero-order chi connectivity index (χ0) is 15.9. The summed E-state index contributed by atoms with van der Waals surface area (Å²) in [7, 11) is 0. The number of amides is 2. The van der Waals surface area contributed by atoms with E-state index in [1.165, 1.54) is 0 Å². The fourth-order valence-electron chi connectivity index (χ4n) is 2.50. The molecule has 0 spiro atoms. The van der Waals surface area contributed by atoms with Crippen LogP contribution in [-0.2, 0) is 14.3 Å². The van der Waals surface area contributed by atoms with Crippen LogP contribution in [0.3, 0.4) is 0 Å². The van der Waals surface area contributed by atoms with Gasteiger partial charge in [0.1, 0.15) is 13.2 Å². The Morgan fingerprint density at radius 3 is 2.73 bits per heavy atom. The summed E-state index contributed by atoms with van der Waals surface area (Å²) in [5, 5.41) is 0. The second kappa shape index (κ2) is 7.94. The van der Waals surface area contributed by atoms with Crippen LogP contribution in [0.15, 0.2) is 24.3 Å². The molecule has 2 amide bonds. The first-order valence-electron chi connectivity index (χ1n) is 7.85. The molecule has 5 nitrogen and oxygen atoms in total. The van der Waals surface area contributed by atoms with Gasteiger partial charge in [0.2, 0.25) is 11.8 Å². The Kier molecular flexibility index (Phi) is 5.95. The lowest BCUT2D eigenvalue weighted by molar-refractivity contribution is -0.140. The van der Waals surface area contributed by atoms with Gasteiger partial charge in [0.25, 0.3) is 0 Å². The summed E-state index contributed by atoms with van der Waals surface area (Å²) in [5.41, 5.74) is 2.00. The molecule has 22 heavy (non-hydrogen) atoms. The number of para-hydroxylation sites is 1. The molecule has 0 N–H and O–H groups in total. The molecule has 1 saturated heterocycles. The molecule has 0 bridgehead atoms. The number of hydrogen-bond acceptors (Lipinski definition) is 3. The zero-order valence-corrected chi connectivity index (χ0v) is 13.4. The van der Waals surface area contributed by atoms with Gasteiger partial charge in [-0.1, -0.05) is 31.5 Å². The molecule has 1 aliphatic rings. The van der Waals surface area contributed by atoms with Gasteiger partial charge in [-0.25, -0.2) is 0 Å². The van der Waals surface area contributed by atoms with Crippen molar-refractivity contribution in [2.45, 2.75) is 26.7 Å². The predicted molar refractivity (Wildman–Crippen MR) is 85.8 cm³/mol. The first-order valence-corrected chi connectivity index (χ1v) is 7.85. The number of rotatable bonds is 6. The van der Waals surface area contributed by atoms with Crippen molar-refractivity contribution >= 4 is 17.5 Å². The second-order valence-electron chi connectivity index (χ2n) is 5.55. The lowest BCUT2D eigenvalue weighted by atomic mass is 10.1. The van der Waals surface area contributed by atoms with Crippen LogP contribution >= 0.6 is 0 Å². The highest BCUT2D eigenvalue weighted by Gasteiger charge is 2.28. The monoisotopic (exact) mass is 304 g/mol. The molecule has 0 saturated carbocycles. The summed E-state index contributed by atoms with van der Waals surface area (Å²) in [6, 6.07) is 7.81. The van der Waals surface area contributed by atoms with E-state index in [4.69, 9.17) is 4.74 Å². The largest absolute Gasteiger partial charge is 0.372 e. The molecule has 0 radical (unpaired) electrons. The lowest BCUT2D eigenvalue weighted by Crippen LogP contribution is -2.53. The number of ether oxygens (including phenoxy) is 1. The van der Waals surface area contributed by atoms with E-state index in [-0.39, 0.29) is 25.0 Å². The van der Waals surface area contributed by atoms with Crippen molar-refractivity contribution < 1.29 is 14.3 Å². The van der Waals surface area contributed by atoms with Crippen molar-refractivity contribution in [3.63, 3.8) is 0 Å². The Labute approximate surface area is 131 Å². The number of carbonyl (C=O) groups excluding carboxylic acids is 2. The minimum atomic E-state index is -0.103. The normalized spacial score (nSPS) is 15.3. The molecule has 1 aromatic rings. The molecular weight excluding hydrogens is 280 g/mol. The minimum Gasteiger partial charge on any atom is -0.372 e. The van der Waals surface area contributed by atoms with Gasteiger partial charge in [0.05, 0.1) is 0 Å². The SMILES string of the molecule is CCCCOCC(=O)N1CCN(c2ccccc2C)C(=O)C1. The van der Waals surface area contributed by atoms with Gasteiger partial charge in [-0.15, -0.1) is 0 Å². The number of carbonyl (C=O) groups is 2. The highest BCUT2D eigenvalue weighted by atomic mass is 16.5. The van der Waals surface area contributed by atoms with E-state index in [0.29, 0.717) is 19.7 Å². The first kappa shape index (κ1) is 16.5. The van der Waals surface area contributed by atoms with Crippen molar-refractivity contribution in [3.05, 3.63) is 29.8 Å². The summed E-state index contributed by atoms with van der Waals surface area (Å²) < 4.78 is 5.34. The van der Waals surface area contributed by atoms with E-state index in [1.807, 2.05) is 31.2 Å². The van der Waals surface area contributed by atoms with Gasteiger partial charge in [-0.2, -0.15) is 0 Å². The first-order chi connectivity index (χ1) is 10.6. The topological polar surface area (TPSA) is 49.9 Å². The number of unbranched alkanes of at least 4 members (excludes halogenated alkanes) is 1. The van der Waals surface area contributed by atoms with Gasteiger partial charge >= 0.3 is 0 Å². The van der Waals surface area contributed by atoms with Crippen molar-refractivity contribution in [2.75, 3.05) is 37.7 Å². The van der Waals surface area contributed by atoms with Gasteiger partial charge in [-0.3, -0.25) is 9.59 Å². The number of nitrogens with zero attached hydrogens (tertiary/aromatic N) is 2. The Morgan fingerprint density at radius 2 is 2.05 bits per heavy atom. The van der Waals surface area contributed by atoms with E-state index < -0.39 is 0 Å². The molecule has 2 rings (SSSR count). The van der Waals surface area contributed by atoms with Crippen LogP contribution < -0.4 is 4.90 Å². The smallest absolute Gasteiger partial charge is 0.249 e. The molecule has 120 valence electrons. The van der Waals surface area contributed by atoms with Crippen LogP contribution in [0, 0.1) is 6.92 Å². The summed E-state index contributed by atoms with van der Waals surface area (Å²) in [6.45, 7) is 5.94. The third kappa shape index (κ3) is 4.07. The molecular formula is C17H24N2O3. The van der Waals surface area contributed by atoms with Gasteiger partial charge in [-0.05, 0) is 25.0 Å². The molecule has 0 atom stereocenters. The van der Waals surface area contributed by atoms with Crippen LogP contribution in [0.25, 0.3) is 0 Å². The van der Waals surface area contributed by atoms with E-state index >= 15 is 0 Å². The maximum atomic E-state index is 12.3. The molecule has 1 aromatic carbocycles. The van der Waals surface area contributed by atoms with Crippen LogP contribution in [0.4, 0.5) is 5.69 Å².